The van der Waals surface area contributed by atoms with Crippen molar-refractivity contribution in [3.8, 4) is 5.75 Å². The van der Waals surface area contributed by atoms with E-state index in [1.165, 1.54) is 4.88 Å². The fourth-order valence-electron chi connectivity index (χ4n) is 1.47. The summed E-state index contributed by atoms with van der Waals surface area (Å²) in [7, 11) is 1.62. The maximum Gasteiger partial charge on any atom is 0.143 e. The highest BCUT2D eigenvalue weighted by molar-refractivity contribution is 7.09. The van der Waals surface area contributed by atoms with Crippen LogP contribution in [0.15, 0.2) is 35.7 Å². The van der Waals surface area contributed by atoms with E-state index in [2.05, 4.69) is 16.8 Å². The normalized spacial score (nSPS) is 10.1. The first-order chi connectivity index (χ1) is 7.81. The zero-order valence-corrected chi connectivity index (χ0v) is 9.88. The minimum Gasteiger partial charge on any atom is -0.495 e. The van der Waals surface area contributed by atoms with Gasteiger partial charge < -0.3 is 15.8 Å². The third-order valence-corrected chi connectivity index (χ3v) is 3.20. The highest BCUT2D eigenvalue weighted by atomic mass is 32.1. The molecule has 0 radical (unpaired) electrons. The number of para-hydroxylation sites is 1. The number of nitrogens with one attached hydrogen (secondary N) is 1. The SMILES string of the molecule is COc1cccc(NCc2cccs2)c1N. The predicted octanol–water partition coefficient (Wildman–Crippen LogP) is 2.95. The second kappa shape index (κ2) is 4.90. The smallest absolute Gasteiger partial charge is 0.143 e. The molecule has 0 aliphatic heterocycles. The van der Waals surface area contributed by atoms with Crippen molar-refractivity contribution in [2.75, 3.05) is 18.2 Å². The zero-order valence-electron chi connectivity index (χ0n) is 9.07. The van der Waals surface area contributed by atoms with Gasteiger partial charge in [-0.3, -0.25) is 0 Å². The fraction of sp³-hybridized carbons (Fsp3) is 0.167. The lowest BCUT2D eigenvalue weighted by Gasteiger charge is -2.11. The monoisotopic (exact) mass is 234 g/mol. The standard InChI is InChI=1S/C12H14N2OS/c1-15-11-6-2-5-10(12(11)13)14-8-9-4-3-7-16-9/h2-7,14H,8,13H2,1H3. The molecule has 0 saturated heterocycles. The first-order valence-electron chi connectivity index (χ1n) is 5.00. The molecule has 0 bridgehead atoms. The number of rotatable bonds is 4. The molecule has 2 aromatic rings. The largest absolute Gasteiger partial charge is 0.495 e. The lowest BCUT2D eigenvalue weighted by molar-refractivity contribution is 0.417. The van der Waals surface area contributed by atoms with Crippen LogP contribution in [0.4, 0.5) is 11.4 Å². The molecular weight excluding hydrogens is 220 g/mol. The van der Waals surface area contributed by atoms with Crippen LogP contribution in [0.1, 0.15) is 4.88 Å². The van der Waals surface area contributed by atoms with Crippen LogP contribution < -0.4 is 15.8 Å². The molecule has 3 N–H and O–H groups in total. The molecular formula is C12H14N2OS. The van der Waals surface area contributed by atoms with Crippen LogP contribution in [0.25, 0.3) is 0 Å². The van der Waals surface area contributed by atoms with E-state index in [-0.39, 0.29) is 0 Å². The van der Waals surface area contributed by atoms with Crippen LogP contribution in [-0.2, 0) is 6.54 Å². The highest BCUT2D eigenvalue weighted by Crippen LogP contribution is 2.29. The molecule has 0 fully saturated rings. The number of nitrogens with two attached hydrogens (primary N) is 1. The Bertz CT molecular complexity index is 454. The molecule has 1 heterocycles. The van der Waals surface area contributed by atoms with Crippen molar-refractivity contribution < 1.29 is 4.74 Å². The summed E-state index contributed by atoms with van der Waals surface area (Å²) in [4.78, 5) is 1.28. The molecule has 16 heavy (non-hydrogen) atoms. The van der Waals surface area contributed by atoms with Crippen LogP contribution >= 0.6 is 11.3 Å². The van der Waals surface area contributed by atoms with Gasteiger partial charge >= 0.3 is 0 Å². The number of benzene rings is 1. The average molecular weight is 234 g/mol. The van der Waals surface area contributed by atoms with Crippen molar-refractivity contribution in [3.63, 3.8) is 0 Å². The van der Waals surface area contributed by atoms with Crippen molar-refractivity contribution in [1.82, 2.24) is 0 Å². The Hall–Kier alpha value is -1.68. The summed E-state index contributed by atoms with van der Waals surface area (Å²) >= 11 is 1.72. The molecule has 0 unspecified atom stereocenters. The van der Waals surface area contributed by atoms with Crippen LogP contribution in [0.5, 0.6) is 5.75 Å². The van der Waals surface area contributed by atoms with Gasteiger partial charge in [0.1, 0.15) is 5.75 Å². The zero-order chi connectivity index (χ0) is 11.4. The van der Waals surface area contributed by atoms with Gasteiger partial charge in [0.25, 0.3) is 0 Å². The van der Waals surface area contributed by atoms with Crippen molar-refractivity contribution in [3.05, 3.63) is 40.6 Å². The molecule has 0 amide bonds. The molecule has 0 aliphatic rings. The maximum atomic E-state index is 5.95. The number of anilines is 2. The van der Waals surface area contributed by atoms with Gasteiger partial charge in [0.2, 0.25) is 0 Å². The highest BCUT2D eigenvalue weighted by Gasteiger charge is 2.04. The summed E-state index contributed by atoms with van der Waals surface area (Å²) in [6.45, 7) is 0.787. The predicted molar refractivity (Wildman–Crippen MR) is 69.1 cm³/mol. The summed E-state index contributed by atoms with van der Waals surface area (Å²) in [5.41, 5.74) is 7.51. The minimum absolute atomic E-state index is 0.654. The molecule has 2 rings (SSSR count). The van der Waals surface area contributed by atoms with Crippen molar-refractivity contribution in [2.45, 2.75) is 6.54 Å². The van der Waals surface area contributed by atoms with Crippen LogP contribution in [0.3, 0.4) is 0 Å². The van der Waals surface area contributed by atoms with E-state index >= 15 is 0 Å². The molecule has 1 aromatic carbocycles. The Balaban J connectivity index is 2.09. The summed E-state index contributed by atoms with van der Waals surface area (Å²) in [5, 5.41) is 5.36. The van der Waals surface area contributed by atoms with E-state index in [1.807, 2.05) is 24.3 Å². The Morgan fingerprint density at radius 2 is 2.19 bits per heavy atom. The van der Waals surface area contributed by atoms with Crippen LogP contribution in [-0.4, -0.2) is 7.11 Å². The number of hydrogen-bond donors (Lipinski definition) is 2. The molecule has 3 nitrogen and oxygen atoms in total. The molecule has 0 spiro atoms. The van der Waals surface area contributed by atoms with Gasteiger partial charge in [0, 0.05) is 11.4 Å². The van der Waals surface area contributed by atoms with Gasteiger partial charge in [-0.2, -0.15) is 0 Å². The molecule has 1 aromatic heterocycles. The molecule has 84 valence electrons. The van der Waals surface area contributed by atoms with Crippen molar-refractivity contribution in [1.29, 1.82) is 0 Å². The minimum atomic E-state index is 0.654. The Kier molecular flexibility index (Phi) is 3.31. The first kappa shape index (κ1) is 10.8. The topological polar surface area (TPSA) is 47.3 Å². The number of ether oxygens (including phenoxy) is 1. The van der Waals surface area contributed by atoms with Gasteiger partial charge in [0.05, 0.1) is 18.5 Å². The third kappa shape index (κ3) is 2.28. The fourth-order valence-corrected chi connectivity index (χ4v) is 2.12. The van der Waals surface area contributed by atoms with Crippen LogP contribution in [0.2, 0.25) is 0 Å². The first-order valence-corrected chi connectivity index (χ1v) is 5.88. The quantitative estimate of drug-likeness (QED) is 0.800. The summed E-state index contributed by atoms with van der Waals surface area (Å²) in [6, 6.07) is 9.85. The average Bonchev–Trinajstić information content (AvgIpc) is 2.81. The second-order valence-electron chi connectivity index (χ2n) is 3.35. The number of thiophene rings is 1. The van der Waals surface area contributed by atoms with Gasteiger partial charge in [-0.05, 0) is 23.6 Å². The lowest BCUT2D eigenvalue weighted by Crippen LogP contribution is -2.02. The van der Waals surface area contributed by atoms with Gasteiger partial charge in [-0.25, -0.2) is 0 Å². The Morgan fingerprint density at radius 1 is 1.31 bits per heavy atom. The lowest BCUT2D eigenvalue weighted by atomic mass is 10.2. The number of hydrogen-bond acceptors (Lipinski definition) is 4. The van der Waals surface area contributed by atoms with Gasteiger partial charge in [-0.15, -0.1) is 11.3 Å². The third-order valence-electron chi connectivity index (χ3n) is 2.32. The van der Waals surface area contributed by atoms with E-state index in [9.17, 15) is 0 Å². The number of methoxy groups -OCH3 is 1. The van der Waals surface area contributed by atoms with E-state index in [0.29, 0.717) is 11.4 Å². The van der Waals surface area contributed by atoms with Crippen molar-refractivity contribution in [2.24, 2.45) is 0 Å². The van der Waals surface area contributed by atoms with Crippen LogP contribution in [0, 0.1) is 0 Å². The Labute approximate surface area is 98.9 Å². The van der Waals surface area contributed by atoms with Gasteiger partial charge in [0.15, 0.2) is 0 Å². The van der Waals surface area contributed by atoms with E-state index in [4.69, 9.17) is 10.5 Å². The van der Waals surface area contributed by atoms with E-state index < -0.39 is 0 Å². The van der Waals surface area contributed by atoms with E-state index in [0.717, 1.165) is 12.2 Å². The molecule has 0 aliphatic carbocycles. The second-order valence-corrected chi connectivity index (χ2v) is 4.39. The maximum absolute atomic E-state index is 5.95. The summed E-state index contributed by atoms with van der Waals surface area (Å²) in [6.07, 6.45) is 0. The summed E-state index contributed by atoms with van der Waals surface area (Å²) in [5.74, 6) is 0.705. The summed E-state index contributed by atoms with van der Waals surface area (Å²) < 4.78 is 5.16. The molecule has 0 saturated carbocycles. The van der Waals surface area contributed by atoms with Crippen molar-refractivity contribution >= 4 is 22.7 Å². The van der Waals surface area contributed by atoms with E-state index in [1.54, 1.807) is 18.4 Å². The number of nitrogen functional groups attached to an aromatic ring is 1. The molecule has 0 atom stereocenters. The Morgan fingerprint density at radius 3 is 2.88 bits per heavy atom. The molecule has 4 heteroatoms. The van der Waals surface area contributed by atoms with Gasteiger partial charge in [-0.1, -0.05) is 12.1 Å².